The van der Waals surface area contributed by atoms with Crippen LogP contribution in [0.2, 0.25) is 0 Å². The second-order valence-corrected chi connectivity index (χ2v) is 4.86. The Kier molecular flexibility index (Phi) is 5.14. The summed E-state index contributed by atoms with van der Waals surface area (Å²) in [6, 6.07) is 0. The van der Waals surface area contributed by atoms with E-state index in [0.717, 1.165) is 43.3 Å². The molecule has 0 spiro atoms. The molecule has 0 aliphatic carbocycles. The fourth-order valence-electron chi connectivity index (χ4n) is 2.69. The Morgan fingerprint density at radius 3 is 2.35 bits per heavy atom. The molecule has 1 aliphatic rings. The van der Waals surface area contributed by atoms with Gasteiger partial charge >= 0.3 is 0 Å². The van der Waals surface area contributed by atoms with Gasteiger partial charge in [-0.3, -0.25) is 0 Å². The summed E-state index contributed by atoms with van der Waals surface area (Å²) in [5.74, 6) is 1.91. The van der Waals surface area contributed by atoms with Crippen LogP contribution >= 0.6 is 0 Å². The summed E-state index contributed by atoms with van der Waals surface area (Å²) in [4.78, 5) is 11.0. The highest BCUT2D eigenvalue weighted by atomic mass is 16.5. The monoisotopic (exact) mass is 280 g/mol. The van der Waals surface area contributed by atoms with E-state index in [1.54, 1.807) is 20.5 Å². The second-order valence-electron chi connectivity index (χ2n) is 4.86. The highest BCUT2D eigenvalue weighted by molar-refractivity contribution is 5.59. The van der Waals surface area contributed by atoms with E-state index in [1.807, 2.05) is 0 Å². The summed E-state index contributed by atoms with van der Waals surface area (Å²) in [6.45, 7) is 6.64. The van der Waals surface area contributed by atoms with Crippen molar-refractivity contribution in [1.29, 1.82) is 0 Å². The van der Waals surface area contributed by atoms with Crippen molar-refractivity contribution < 1.29 is 9.47 Å². The van der Waals surface area contributed by atoms with Crippen LogP contribution in [0.4, 0.5) is 11.6 Å². The lowest BCUT2D eigenvalue weighted by atomic mass is 10.2. The molecule has 112 valence electrons. The minimum Gasteiger partial charge on any atom is -0.377 e. The van der Waals surface area contributed by atoms with Gasteiger partial charge < -0.3 is 19.7 Å². The molecule has 0 radical (unpaired) electrons. The molecule has 20 heavy (non-hydrogen) atoms. The van der Waals surface area contributed by atoms with Crippen molar-refractivity contribution >= 4 is 11.6 Å². The number of nitrogens with zero attached hydrogens (tertiary/aromatic N) is 3. The van der Waals surface area contributed by atoms with Crippen molar-refractivity contribution in [2.75, 3.05) is 44.1 Å². The van der Waals surface area contributed by atoms with E-state index in [9.17, 15) is 0 Å². The molecule has 2 heterocycles. The van der Waals surface area contributed by atoms with E-state index >= 15 is 0 Å². The third kappa shape index (κ3) is 2.86. The van der Waals surface area contributed by atoms with Gasteiger partial charge in [-0.2, -0.15) is 0 Å². The minimum absolute atomic E-state index is 0.0854. The first-order valence-electron chi connectivity index (χ1n) is 7.13. The van der Waals surface area contributed by atoms with Crippen molar-refractivity contribution in [1.82, 2.24) is 9.97 Å². The zero-order valence-electron chi connectivity index (χ0n) is 12.7. The van der Waals surface area contributed by atoms with Crippen LogP contribution in [0, 0.1) is 0 Å². The molecule has 1 aromatic rings. The van der Waals surface area contributed by atoms with E-state index in [4.69, 9.17) is 9.47 Å². The standard InChI is InChI=1S/C14H24N4O2/c1-5-10-13(15-6-2)16-9-17-14(10)18-7-11(19-3)12(8-18)20-4/h9,11-12H,5-8H2,1-4H3,(H,15,16,17). The van der Waals surface area contributed by atoms with Gasteiger partial charge in [-0.25, -0.2) is 9.97 Å². The van der Waals surface area contributed by atoms with Crippen LogP contribution in [0.5, 0.6) is 0 Å². The van der Waals surface area contributed by atoms with Crippen molar-refractivity contribution in [2.45, 2.75) is 32.5 Å². The number of hydrogen-bond donors (Lipinski definition) is 1. The predicted molar refractivity (Wildman–Crippen MR) is 79.4 cm³/mol. The van der Waals surface area contributed by atoms with Gasteiger partial charge in [0.25, 0.3) is 0 Å². The number of ether oxygens (including phenoxy) is 2. The normalized spacial score (nSPS) is 22.3. The lowest BCUT2D eigenvalue weighted by molar-refractivity contribution is -0.00461. The van der Waals surface area contributed by atoms with E-state index in [1.165, 1.54) is 0 Å². The maximum atomic E-state index is 5.49. The fourth-order valence-corrected chi connectivity index (χ4v) is 2.69. The molecule has 0 saturated carbocycles. The van der Waals surface area contributed by atoms with E-state index < -0.39 is 0 Å². The van der Waals surface area contributed by atoms with Gasteiger partial charge in [0.1, 0.15) is 30.2 Å². The van der Waals surface area contributed by atoms with Crippen molar-refractivity contribution in [3.63, 3.8) is 0 Å². The summed E-state index contributed by atoms with van der Waals surface area (Å²) in [5, 5.41) is 3.30. The molecule has 6 nitrogen and oxygen atoms in total. The second kappa shape index (κ2) is 6.85. The predicted octanol–water partition coefficient (Wildman–Crippen LogP) is 1.32. The first-order valence-corrected chi connectivity index (χ1v) is 7.13. The van der Waals surface area contributed by atoms with Gasteiger partial charge in [-0.05, 0) is 13.3 Å². The molecule has 1 fully saturated rings. The lowest BCUT2D eigenvalue weighted by Gasteiger charge is -2.21. The lowest BCUT2D eigenvalue weighted by Crippen LogP contribution is -2.27. The SMILES string of the molecule is CCNc1ncnc(N2CC(OC)C(OC)C2)c1CC. The molecule has 1 N–H and O–H groups in total. The van der Waals surface area contributed by atoms with E-state index in [0.29, 0.717) is 0 Å². The van der Waals surface area contributed by atoms with Gasteiger partial charge in [0, 0.05) is 39.4 Å². The van der Waals surface area contributed by atoms with E-state index in [-0.39, 0.29) is 12.2 Å². The summed E-state index contributed by atoms with van der Waals surface area (Å²) < 4.78 is 11.0. The van der Waals surface area contributed by atoms with Crippen LogP contribution in [0.25, 0.3) is 0 Å². The number of anilines is 2. The van der Waals surface area contributed by atoms with Crippen LogP contribution in [-0.2, 0) is 15.9 Å². The third-order valence-corrected chi connectivity index (χ3v) is 3.74. The highest BCUT2D eigenvalue weighted by Gasteiger charge is 2.34. The Hall–Kier alpha value is -1.40. The van der Waals surface area contributed by atoms with Gasteiger partial charge in [-0.1, -0.05) is 6.92 Å². The summed E-state index contributed by atoms with van der Waals surface area (Å²) in [5.41, 5.74) is 1.15. The molecule has 0 aromatic carbocycles. The van der Waals surface area contributed by atoms with Gasteiger partial charge in [0.05, 0.1) is 0 Å². The first-order chi connectivity index (χ1) is 9.74. The van der Waals surface area contributed by atoms with Gasteiger partial charge in [0.15, 0.2) is 0 Å². The Labute approximate surface area is 120 Å². The average Bonchev–Trinajstić information content (AvgIpc) is 2.90. The molecule has 1 saturated heterocycles. The Bertz CT molecular complexity index is 429. The molecule has 0 bridgehead atoms. The molecule has 1 aliphatic heterocycles. The van der Waals surface area contributed by atoms with Crippen molar-refractivity contribution in [3.8, 4) is 0 Å². The van der Waals surface area contributed by atoms with Crippen LogP contribution in [-0.4, -0.2) is 56.0 Å². The molecular weight excluding hydrogens is 256 g/mol. The van der Waals surface area contributed by atoms with Crippen LogP contribution in [0.15, 0.2) is 6.33 Å². The smallest absolute Gasteiger partial charge is 0.137 e. The highest BCUT2D eigenvalue weighted by Crippen LogP contribution is 2.28. The molecule has 6 heteroatoms. The van der Waals surface area contributed by atoms with Gasteiger partial charge in [0.2, 0.25) is 0 Å². The molecule has 2 unspecified atom stereocenters. The average molecular weight is 280 g/mol. The largest absolute Gasteiger partial charge is 0.377 e. The van der Waals surface area contributed by atoms with Gasteiger partial charge in [-0.15, -0.1) is 0 Å². The van der Waals surface area contributed by atoms with Crippen molar-refractivity contribution in [3.05, 3.63) is 11.9 Å². The number of aromatic nitrogens is 2. The first kappa shape index (κ1) is 15.0. The van der Waals surface area contributed by atoms with Crippen LogP contribution in [0.3, 0.4) is 0 Å². The quantitative estimate of drug-likeness (QED) is 0.848. The number of nitrogens with one attached hydrogen (secondary N) is 1. The zero-order valence-corrected chi connectivity index (χ0v) is 12.7. The Morgan fingerprint density at radius 1 is 1.20 bits per heavy atom. The number of hydrogen-bond acceptors (Lipinski definition) is 6. The zero-order chi connectivity index (χ0) is 14.5. The van der Waals surface area contributed by atoms with E-state index in [2.05, 4.69) is 34.0 Å². The molecule has 0 amide bonds. The Morgan fingerprint density at radius 2 is 1.85 bits per heavy atom. The van der Waals surface area contributed by atoms with Crippen LogP contribution < -0.4 is 10.2 Å². The van der Waals surface area contributed by atoms with Crippen LogP contribution in [0.1, 0.15) is 19.4 Å². The Balaban J connectivity index is 2.27. The molecule has 1 aromatic heterocycles. The molecule has 2 rings (SSSR count). The molecular formula is C14H24N4O2. The van der Waals surface area contributed by atoms with Crippen molar-refractivity contribution in [2.24, 2.45) is 0 Å². The summed E-state index contributed by atoms with van der Waals surface area (Å²) in [6.07, 6.45) is 2.68. The minimum atomic E-state index is 0.0854. The molecule has 2 atom stereocenters. The fraction of sp³-hybridized carbons (Fsp3) is 0.714. The number of methoxy groups -OCH3 is 2. The topological polar surface area (TPSA) is 59.5 Å². The maximum Gasteiger partial charge on any atom is 0.137 e. The third-order valence-electron chi connectivity index (χ3n) is 3.74. The summed E-state index contributed by atoms with van der Waals surface area (Å²) in [7, 11) is 3.45. The maximum absolute atomic E-state index is 5.49. The number of rotatable bonds is 6. The summed E-state index contributed by atoms with van der Waals surface area (Å²) >= 11 is 0.